The molecule has 48 heavy (non-hydrogen) atoms. The van der Waals surface area contributed by atoms with E-state index in [4.69, 9.17) is 4.74 Å². The van der Waals surface area contributed by atoms with Gasteiger partial charge in [0.05, 0.1) is 13.2 Å². The molecule has 5 nitrogen and oxygen atoms in total. The van der Waals surface area contributed by atoms with Crippen molar-refractivity contribution in [2.75, 3.05) is 0 Å². The van der Waals surface area contributed by atoms with Crippen LogP contribution in [0, 0.1) is 0 Å². The fourth-order valence-electron chi connectivity index (χ4n) is 6.83. The second-order valence-electron chi connectivity index (χ2n) is 11.8. The van der Waals surface area contributed by atoms with E-state index in [9.17, 15) is 20.4 Å². The molecule has 230 valence electrons. The van der Waals surface area contributed by atoms with Crippen molar-refractivity contribution in [2.45, 2.75) is 13.2 Å². The van der Waals surface area contributed by atoms with Crippen LogP contribution in [0.1, 0.15) is 11.1 Å². The number of ether oxygens (including phenoxy) is 1. The molecular formula is C42H30O5Zn. The fraction of sp³-hybridized carbons (Fsp3) is 0.0476. The molecule has 0 fully saturated rings. The zero-order valence-corrected chi connectivity index (χ0v) is 29.0. The first-order chi connectivity index (χ1) is 23.0. The molecule has 6 heteroatoms. The third-order valence-corrected chi connectivity index (χ3v) is 9.03. The number of benzene rings is 8. The molecule has 0 atom stereocenters. The summed E-state index contributed by atoms with van der Waals surface area (Å²) in [5.41, 5.74) is 3.31. The van der Waals surface area contributed by atoms with Gasteiger partial charge < -0.3 is 25.2 Å². The first-order valence-corrected chi connectivity index (χ1v) is 15.5. The maximum absolute atomic E-state index is 11.8. The Morgan fingerprint density at radius 3 is 1.10 bits per heavy atom. The van der Waals surface area contributed by atoms with E-state index in [1.807, 2.05) is 121 Å². The SMILES string of the molecule is Oc1ccc2ccccc2c1-c1c(O)c(COCc2cc3ccccc3c(-c3c(O)ccc4ccccc34)c2O)cc2ccccc12.[Zn]. The molecule has 0 bridgehead atoms. The van der Waals surface area contributed by atoms with Gasteiger partial charge in [0.1, 0.15) is 23.0 Å². The maximum Gasteiger partial charge on any atom is 0.129 e. The normalized spacial score (nSPS) is 11.3. The quantitative estimate of drug-likeness (QED) is 0.131. The second-order valence-corrected chi connectivity index (χ2v) is 11.8. The summed E-state index contributed by atoms with van der Waals surface area (Å²) in [5.74, 6) is 0.207. The third-order valence-electron chi connectivity index (χ3n) is 9.03. The Balaban J connectivity index is 0.00000364. The van der Waals surface area contributed by atoms with Crippen molar-refractivity contribution in [2.24, 2.45) is 0 Å². The minimum atomic E-state index is 0. The summed E-state index contributed by atoms with van der Waals surface area (Å²) in [7, 11) is 0. The summed E-state index contributed by atoms with van der Waals surface area (Å²) in [5, 5.41) is 52.7. The van der Waals surface area contributed by atoms with Gasteiger partial charge in [0.15, 0.2) is 0 Å². The van der Waals surface area contributed by atoms with Gasteiger partial charge in [-0.05, 0) is 67.4 Å². The number of hydrogen-bond donors (Lipinski definition) is 4. The Labute approximate surface area is 289 Å². The van der Waals surface area contributed by atoms with Crippen LogP contribution in [0.15, 0.2) is 133 Å². The Hall–Kier alpha value is -5.42. The van der Waals surface area contributed by atoms with Crippen molar-refractivity contribution in [3.8, 4) is 45.3 Å². The van der Waals surface area contributed by atoms with Crippen LogP contribution < -0.4 is 0 Å². The molecule has 0 aliphatic carbocycles. The van der Waals surface area contributed by atoms with E-state index in [0.717, 1.165) is 43.1 Å². The molecule has 0 amide bonds. The van der Waals surface area contributed by atoms with Crippen LogP contribution >= 0.6 is 0 Å². The first-order valence-electron chi connectivity index (χ1n) is 15.5. The van der Waals surface area contributed by atoms with Gasteiger partial charge in [0.25, 0.3) is 0 Å². The molecule has 4 N–H and O–H groups in total. The minimum Gasteiger partial charge on any atom is -0.507 e. The third kappa shape index (κ3) is 5.20. The number of phenols is 4. The molecule has 8 rings (SSSR count). The molecule has 8 aromatic carbocycles. The summed E-state index contributed by atoms with van der Waals surface area (Å²) < 4.78 is 6.24. The summed E-state index contributed by atoms with van der Waals surface area (Å²) in [6.07, 6.45) is 0. The largest absolute Gasteiger partial charge is 0.507 e. The van der Waals surface area contributed by atoms with Crippen LogP contribution in [0.5, 0.6) is 23.0 Å². The van der Waals surface area contributed by atoms with E-state index in [0.29, 0.717) is 33.4 Å². The van der Waals surface area contributed by atoms with Crippen molar-refractivity contribution >= 4 is 43.1 Å². The fourth-order valence-corrected chi connectivity index (χ4v) is 6.83. The van der Waals surface area contributed by atoms with E-state index < -0.39 is 0 Å². The molecule has 0 aromatic heterocycles. The van der Waals surface area contributed by atoms with Crippen LogP contribution in [0.4, 0.5) is 0 Å². The standard InChI is InChI=1S/C42H30O5.Zn/c43-35-19-17-25-9-1-5-13-31(25)37(35)39-33-15-7-3-11-27(33)21-29(41(39)45)23-47-24-30-22-28-12-4-8-16-34(28)40(42(30)46)38-32-14-6-2-10-26(32)18-20-36(38)44;/h1-22,43-46H,23-24H2;. The predicted octanol–water partition coefficient (Wildman–Crippen LogP) is 10.2. The van der Waals surface area contributed by atoms with Crippen molar-refractivity contribution in [1.29, 1.82) is 0 Å². The van der Waals surface area contributed by atoms with Crippen molar-refractivity contribution in [3.05, 3.63) is 145 Å². The number of aromatic hydroxyl groups is 4. The van der Waals surface area contributed by atoms with Gasteiger partial charge in [-0.15, -0.1) is 0 Å². The van der Waals surface area contributed by atoms with E-state index in [-0.39, 0.29) is 55.7 Å². The first kappa shape index (κ1) is 31.2. The van der Waals surface area contributed by atoms with Crippen molar-refractivity contribution < 1.29 is 44.6 Å². The molecule has 8 aromatic rings. The molecule has 0 saturated carbocycles. The smallest absolute Gasteiger partial charge is 0.129 e. The Morgan fingerprint density at radius 1 is 0.375 bits per heavy atom. The minimum absolute atomic E-state index is 0. The Bertz CT molecular complexity index is 2330. The average molecular weight is 680 g/mol. The van der Waals surface area contributed by atoms with Gasteiger partial charge in [-0.25, -0.2) is 0 Å². The van der Waals surface area contributed by atoms with E-state index in [1.54, 1.807) is 12.1 Å². The molecule has 0 saturated heterocycles. The van der Waals surface area contributed by atoms with Gasteiger partial charge in [-0.2, -0.15) is 0 Å². The molecule has 0 radical (unpaired) electrons. The van der Waals surface area contributed by atoms with Crippen LogP contribution in [-0.4, -0.2) is 20.4 Å². The topological polar surface area (TPSA) is 90.2 Å². The predicted molar refractivity (Wildman–Crippen MR) is 189 cm³/mol. The molecule has 0 spiro atoms. The number of rotatable bonds is 6. The van der Waals surface area contributed by atoms with Crippen LogP contribution in [0.3, 0.4) is 0 Å². The van der Waals surface area contributed by atoms with Gasteiger partial charge in [-0.1, -0.05) is 109 Å². The average Bonchev–Trinajstić information content (AvgIpc) is 3.10. The van der Waals surface area contributed by atoms with Gasteiger partial charge >= 0.3 is 0 Å². The summed E-state index contributed by atoms with van der Waals surface area (Å²) in [6.45, 7) is 0.104. The van der Waals surface area contributed by atoms with Crippen LogP contribution in [0.2, 0.25) is 0 Å². The van der Waals surface area contributed by atoms with Crippen molar-refractivity contribution in [1.82, 2.24) is 0 Å². The van der Waals surface area contributed by atoms with Gasteiger partial charge in [0, 0.05) is 52.9 Å². The Morgan fingerprint density at radius 2 is 0.708 bits per heavy atom. The molecule has 0 aliphatic heterocycles. The van der Waals surface area contributed by atoms with Crippen LogP contribution in [0.25, 0.3) is 65.3 Å². The maximum atomic E-state index is 11.8. The summed E-state index contributed by atoms with van der Waals surface area (Å²) in [4.78, 5) is 0. The molecule has 0 heterocycles. The zero-order chi connectivity index (χ0) is 32.1. The van der Waals surface area contributed by atoms with E-state index in [1.165, 1.54) is 0 Å². The summed E-state index contributed by atoms with van der Waals surface area (Å²) >= 11 is 0. The monoisotopic (exact) mass is 678 g/mol. The summed E-state index contributed by atoms with van der Waals surface area (Å²) in [6, 6.07) is 41.9. The number of fused-ring (bicyclic) bond motifs is 4. The van der Waals surface area contributed by atoms with Crippen molar-refractivity contribution in [3.63, 3.8) is 0 Å². The second kappa shape index (κ2) is 12.6. The van der Waals surface area contributed by atoms with E-state index >= 15 is 0 Å². The van der Waals surface area contributed by atoms with Crippen LogP contribution in [-0.2, 0) is 37.4 Å². The molecule has 0 unspecified atom stereocenters. The van der Waals surface area contributed by atoms with Gasteiger partial charge in [-0.3, -0.25) is 0 Å². The Kier molecular flexibility index (Phi) is 8.22. The number of hydrogen-bond acceptors (Lipinski definition) is 5. The molecule has 0 aliphatic rings. The molecular weight excluding hydrogens is 650 g/mol. The number of phenolic OH excluding ortho intramolecular Hbond substituents is 4. The van der Waals surface area contributed by atoms with Gasteiger partial charge in [0.2, 0.25) is 0 Å². The van der Waals surface area contributed by atoms with E-state index in [2.05, 4.69) is 0 Å². The zero-order valence-electron chi connectivity index (χ0n) is 26.0.